The van der Waals surface area contributed by atoms with Gasteiger partial charge in [0.1, 0.15) is 5.75 Å². The molecule has 1 aromatic heterocycles. The Bertz CT molecular complexity index is 789. The molecular weight excluding hydrogens is 330 g/mol. The van der Waals surface area contributed by atoms with Crippen molar-refractivity contribution in [1.82, 2.24) is 15.2 Å². The minimum Gasteiger partial charge on any atom is -0.431 e. The number of hydrogen-bond acceptors (Lipinski definition) is 5. The molecule has 2 heterocycles. The van der Waals surface area contributed by atoms with Gasteiger partial charge in [0, 0.05) is 12.6 Å². The van der Waals surface area contributed by atoms with Gasteiger partial charge in [0.2, 0.25) is 0 Å². The van der Waals surface area contributed by atoms with Crippen LogP contribution in [0.15, 0.2) is 48.5 Å². The molecule has 25 heavy (non-hydrogen) atoms. The van der Waals surface area contributed by atoms with E-state index in [0.717, 1.165) is 35.6 Å². The maximum atomic E-state index is 5.92. The van der Waals surface area contributed by atoms with Crippen LogP contribution in [0.5, 0.6) is 10.9 Å². The minimum absolute atomic E-state index is 0.681. The Morgan fingerprint density at radius 1 is 1.12 bits per heavy atom. The number of likely N-dealkylation sites (tertiary alicyclic amines) is 1. The van der Waals surface area contributed by atoms with Crippen molar-refractivity contribution in [3.05, 3.63) is 54.1 Å². The zero-order valence-electron chi connectivity index (χ0n) is 14.4. The monoisotopic (exact) mass is 353 g/mol. The largest absolute Gasteiger partial charge is 0.431 e. The summed E-state index contributed by atoms with van der Waals surface area (Å²) >= 11 is 1.58. The molecule has 4 rings (SSSR count). The summed E-state index contributed by atoms with van der Waals surface area (Å²) in [7, 11) is 2.06. The molecule has 0 unspecified atom stereocenters. The standard InChI is InChI=1S/C20H23N3OS/c1-21-16-10-12-23(13-11-16)14-15-6-8-17(9-7-15)24-20-22-18-4-2-3-5-19(18)25-20/h2-9,16,21H,10-14H2,1H3. The number of hydrogen-bond donors (Lipinski definition) is 1. The van der Waals surface area contributed by atoms with Gasteiger partial charge < -0.3 is 10.1 Å². The lowest BCUT2D eigenvalue weighted by atomic mass is 10.0. The SMILES string of the molecule is CNC1CCN(Cc2ccc(Oc3nc4ccccc4s3)cc2)CC1. The fraction of sp³-hybridized carbons (Fsp3) is 0.350. The number of para-hydroxylation sites is 1. The van der Waals surface area contributed by atoms with E-state index < -0.39 is 0 Å². The predicted octanol–water partition coefficient (Wildman–Crippen LogP) is 4.27. The maximum Gasteiger partial charge on any atom is 0.279 e. The van der Waals surface area contributed by atoms with Gasteiger partial charge in [-0.1, -0.05) is 35.6 Å². The van der Waals surface area contributed by atoms with Crippen LogP contribution in [-0.4, -0.2) is 36.1 Å². The Kier molecular flexibility index (Phi) is 4.97. The molecule has 0 atom stereocenters. The highest BCUT2D eigenvalue weighted by Crippen LogP contribution is 2.31. The Morgan fingerprint density at radius 2 is 1.88 bits per heavy atom. The summed E-state index contributed by atoms with van der Waals surface area (Å²) < 4.78 is 7.07. The van der Waals surface area contributed by atoms with E-state index in [4.69, 9.17) is 4.74 Å². The fourth-order valence-corrected chi connectivity index (χ4v) is 4.13. The average Bonchev–Trinajstić information content (AvgIpc) is 3.06. The van der Waals surface area contributed by atoms with Crippen molar-refractivity contribution >= 4 is 21.6 Å². The van der Waals surface area contributed by atoms with Gasteiger partial charge >= 0.3 is 0 Å². The van der Waals surface area contributed by atoms with E-state index in [1.165, 1.54) is 18.4 Å². The van der Waals surface area contributed by atoms with E-state index in [1.807, 2.05) is 30.3 Å². The van der Waals surface area contributed by atoms with Gasteiger partial charge in [0.15, 0.2) is 0 Å². The number of benzene rings is 2. The van der Waals surface area contributed by atoms with Gasteiger partial charge in [-0.3, -0.25) is 4.90 Å². The minimum atomic E-state index is 0.681. The number of ether oxygens (including phenoxy) is 1. The summed E-state index contributed by atoms with van der Waals surface area (Å²) in [6, 6.07) is 17.2. The highest BCUT2D eigenvalue weighted by molar-refractivity contribution is 7.20. The second kappa shape index (κ2) is 7.52. The summed E-state index contributed by atoms with van der Waals surface area (Å²) in [5.41, 5.74) is 2.32. The van der Waals surface area contributed by atoms with Crippen LogP contribution < -0.4 is 10.1 Å². The molecule has 0 saturated carbocycles. The summed E-state index contributed by atoms with van der Waals surface area (Å²) in [5.74, 6) is 0.844. The molecule has 1 aliphatic heterocycles. The van der Waals surface area contributed by atoms with Crippen molar-refractivity contribution < 1.29 is 4.74 Å². The molecule has 0 amide bonds. The third-order valence-electron chi connectivity index (χ3n) is 4.80. The lowest BCUT2D eigenvalue weighted by Crippen LogP contribution is -2.40. The first-order chi connectivity index (χ1) is 12.3. The molecule has 130 valence electrons. The molecule has 0 bridgehead atoms. The van der Waals surface area contributed by atoms with E-state index in [-0.39, 0.29) is 0 Å². The van der Waals surface area contributed by atoms with E-state index in [9.17, 15) is 0 Å². The summed E-state index contributed by atoms with van der Waals surface area (Å²) in [4.78, 5) is 7.05. The van der Waals surface area contributed by atoms with Gasteiger partial charge in [-0.2, -0.15) is 0 Å². The molecule has 0 aliphatic carbocycles. The Balaban J connectivity index is 1.37. The first-order valence-corrected chi connectivity index (χ1v) is 9.64. The first-order valence-electron chi connectivity index (χ1n) is 8.82. The number of nitrogens with zero attached hydrogens (tertiary/aromatic N) is 2. The average molecular weight is 353 g/mol. The van der Waals surface area contributed by atoms with E-state index in [1.54, 1.807) is 11.3 Å². The number of nitrogens with one attached hydrogen (secondary N) is 1. The first kappa shape index (κ1) is 16.5. The smallest absolute Gasteiger partial charge is 0.279 e. The van der Waals surface area contributed by atoms with Crippen molar-refractivity contribution in [1.29, 1.82) is 0 Å². The van der Waals surface area contributed by atoms with Crippen LogP contribution >= 0.6 is 11.3 Å². The highest BCUT2D eigenvalue weighted by atomic mass is 32.1. The van der Waals surface area contributed by atoms with Crippen LogP contribution in [0.2, 0.25) is 0 Å². The van der Waals surface area contributed by atoms with Gasteiger partial charge in [0.05, 0.1) is 10.2 Å². The maximum absolute atomic E-state index is 5.92. The number of piperidine rings is 1. The Morgan fingerprint density at radius 3 is 2.60 bits per heavy atom. The molecule has 0 spiro atoms. The second-order valence-corrected chi connectivity index (χ2v) is 7.53. The molecule has 0 radical (unpaired) electrons. The molecule has 1 saturated heterocycles. The van der Waals surface area contributed by atoms with Crippen LogP contribution in [0.25, 0.3) is 10.2 Å². The Hall–Kier alpha value is -1.95. The van der Waals surface area contributed by atoms with Crippen LogP contribution in [0.1, 0.15) is 18.4 Å². The van der Waals surface area contributed by atoms with Crippen LogP contribution in [0, 0.1) is 0 Å². The van der Waals surface area contributed by atoms with Crippen molar-refractivity contribution in [3.63, 3.8) is 0 Å². The molecule has 2 aromatic carbocycles. The van der Waals surface area contributed by atoms with Crippen LogP contribution in [0.3, 0.4) is 0 Å². The molecule has 1 fully saturated rings. The Labute approximate surface area is 152 Å². The fourth-order valence-electron chi connectivity index (χ4n) is 3.30. The summed E-state index contributed by atoms with van der Waals surface area (Å²) in [6.07, 6.45) is 2.46. The van der Waals surface area contributed by atoms with Crippen molar-refractivity contribution in [2.45, 2.75) is 25.4 Å². The molecule has 1 N–H and O–H groups in total. The quantitative estimate of drug-likeness (QED) is 0.743. The third-order valence-corrected chi connectivity index (χ3v) is 5.72. The molecular formula is C20H23N3OS. The zero-order valence-corrected chi connectivity index (χ0v) is 15.3. The molecule has 1 aliphatic rings. The van der Waals surface area contributed by atoms with E-state index in [2.05, 4.69) is 40.4 Å². The predicted molar refractivity (Wildman–Crippen MR) is 103 cm³/mol. The van der Waals surface area contributed by atoms with Gasteiger partial charge in [-0.15, -0.1) is 0 Å². The molecule has 3 aromatic rings. The van der Waals surface area contributed by atoms with Gasteiger partial charge in [-0.05, 0) is 62.8 Å². The third kappa shape index (κ3) is 4.00. The van der Waals surface area contributed by atoms with Crippen LogP contribution in [-0.2, 0) is 6.54 Å². The van der Waals surface area contributed by atoms with Gasteiger partial charge in [-0.25, -0.2) is 4.98 Å². The van der Waals surface area contributed by atoms with Crippen LogP contribution in [0.4, 0.5) is 0 Å². The van der Waals surface area contributed by atoms with Crippen molar-refractivity contribution in [3.8, 4) is 10.9 Å². The highest BCUT2D eigenvalue weighted by Gasteiger charge is 2.17. The zero-order chi connectivity index (χ0) is 17.1. The van der Waals surface area contributed by atoms with Crippen molar-refractivity contribution in [2.75, 3.05) is 20.1 Å². The van der Waals surface area contributed by atoms with Gasteiger partial charge in [0.25, 0.3) is 5.19 Å². The molecule has 4 nitrogen and oxygen atoms in total. The molecule has 5 heteroatoms. The van der Waals surface area contributed by atoms with Crippen molar-refractivity contribution in [2.24, 2.45) is 0 Å². The lowest BCUT2D eigenvalue weighted by Gasteiger charge is -2.31. The summed E-state index contributed by atoms with van der Waals surface area (Å²) in [6.45, 7) is 3.34. The number of thiazole rings is 1. The number of aromatic nitrogens is 1. The summed E-state index contributed by atoms with van der Waals surface area (Å²) in [5, 5.41) is 4.08. The normalized spacial score (nSPS) is 16.4. The van der Waals surface area contributed by atoms with E-state index in [0.29, 0.717) is 11.2 Å². The number of rotatable bonds is 5. The number of fused-ring (bicyclic) bond motifs is 1. The second-order valence-electron chi connectivity index (χ2n) is 6.53. The topological polar surface area (TPSA) is 37.4 Å². The van der Waals surface area contributed by atoms with E-state index >= 15 is 0 Å². The lowest BCUT2D eigenvalue weighted by molar-refractivity contribution is 0.194.